The van der Waals surface area contributed by atoms with Gasteiger partial charge in [0.1, 0.15) is 5.75 Å². The van der Waals surface area contributed by atoms with E-state index < -0.39 is 16.1 Å². The summed E-state index contributed by atoms with van der Waals surface area (Å²) in [5.41, 5.74) is 2.46. The van der Waals surface area contributed by atoms with Crippen LogP contribution in [-0.2, 0) is 21.2 Å². The quantitative estimate of drug-likeness (QED) is 0.821. The number of sulfonamides is 1. The van der Waals surface area contributed by atoms with Gasteiger partial charge in [-0.1, -0.05) is 30.3 Å². The Hall–Kier alpha value is -2.54. The van der Waals surface area contributed by atoms with E-state index in [0.29, 0.717) is 18.0 Å². The third-order valence-electron chi connectivity index (χ3n) is 4.56. The second-order valence-electron chi connectivity index (χ2n) is 6.24. The lowest BCUT2D eigenvalue weighted by Crippen LogP contribution is -2.51. The number of anilines is 2. The van der Waals surface area contributed by atoms with Gasteiger partial charge in [-0.15, -0.1) is 0 Å². The van der Waals surface area contributed by atoms with Crippen LogP contribution < -0.4 is 13.9 Å². The van der Waals surface area contributed by atoms with Gasteiger partial charge in [-0.25, -0.2) is 8.42 Å². The van der Waals surface area contributed by atoms with Gasteiger partial charge in [0.15, 0.2) is 6.10 Å². The molecule has 130 valence electrons. The molecule has 0 fully saturated rings. The number of benzene rings is 2. The van der Waals surface area contributed by atoms with Crippen molar-refractivity contribution in [2.75, 3.05) is 28.6 Å². The highest BCUT2D eigenvalue weighted by molar-refractivity contribution is 7.92. The molecule has 1 atom stereocenters. The van der Waals surface area contributed by atoms with Gasteiger partial charge < -0.3 is 9.64 Å². The Labute approximate surface area is 146 Å². The lowest BCUT2D eigenvalue weighted by Gasteiger charge is -2.35. The molecule has 6 nitrogen and oxygen atoms in total. The van der Waals surface area contributed by atoms with Crippen LogP contribution in [0.5, 0.6) is 5.75 Å². The van der Waals surface area contributed by atoms with E-state index in [1.54, 1.807) is 29.2 Å². The number of amides is 1. The van der Waals surface area contributed by atoms with Crippen molar-refractivity contribution in [1.29, 1.82) is 0 Å². The number of hydrogen-bond donors (Lipinski definition) is 0. The SMILES string of the molecule is CS(=O)(=O)N1CC(C(=O)N2CCc3ccccc32)Oc2ccccc21. The lowest BCUT2D eigenvalue weighted by molar-refractivity contribution is -0.125. The first-order valence-electron chi connectivity index (χ1n) is 8.08. The Bertz CT molecular complexity index is 942. The zero-order valence-corrected chi connectivity index (χ0v) is 14.6. The van der Waals surface area contributed by atoms with Gasteiger partial charge in [0.2, 0.25) is 10.0 Å². The average molecular weight is 358 g/mol. The number of hydrogen-bond acceptors (Lipinski definition) is 4. The molecule has 0 saturated carbocycles. The van der Waals surface area contributed by atoms with Crippen molar-refractivity contribution in [2.45, 2.75) is 12.5 Å². The molecule has 0 aromatic heterocycles. The standard InChI is InChI=1S/C18H18N2O4S/c1-25(22,23)20-12-17(24-16-9-5-4-8-15(16)20)18(21)19-11-10-13-6-2-3-7-14(13)19/h2-9,17H,10-12H2,1H3. The van der Waals surface area contributed by atoms with Crippen LogP contribution in [0.1, 0.15) is 5.56 Å². The summed E-state index contributed by atoms with van der Waals surface area (Å²) in [6.07, 6.45) is 1.07. The van der Waals surface area contributed by atoms with Crippen LogP contribution in [0, 0.1) is 0 Å². The molecular weight excluding hydrogens is 340 g/mol. The number of nitrogens with zero attached hydrogens (tertiary/aromatic N) is 2. The zero-order chi connectivity index (χ0) is 17.6. The Morgan fingerprint density at radius 2 is 1.76 bits per heavy atom. The maximum atomic E-state index is 13.0. The summed E-state index contributed by atoms with van der Waals surface area (Å²) in [4.78, 5) is 14.7. The minimum absolute atomic E-state index is 0.0205. The highest BCUT2D eigenvalue weighted by atomic mass is 32.2. The maximum Gasteiger partial charge on any atom is 0.269 e. The summed E-state index contributed by atoms with van der Waals surface area (Å²) in [7, 11) is -3.51. The number of ether oxygens (including phenoxy) is 1. The summed E-state index contributed by atoms with van der Waals surface area (Å²) < 4.78 is 31.5. The van der Waals surface area contributed by atoms with Crippen LogP contribution in [0.4, 0.5) is 11.4 Å². The number of fused-ring (bicyclic) bond motifs is 2. The smallest absolute Gasteiger partial charge is 0.269 e. The second-order valence-corrected chi connectivity index (χ2v) is 8.14. The molecule has 0 radical (unpaired) electrons. The fourth-order valence-electron chi connectivity index (χ4n) is 3.39. The van der Waals surface area contributed by atoms with E-state index in [-0.39, 0.29) is 12.5 Å². The van der Waals surface area contributed by atoms with Crippen molar-refractivity contribution >= 4 is 27.3 Å². The maximum absolute atomic E-state index is 13.0. The highest BCUT2D eigenvalue weighted by Gasteiger charge is 2.38. The van der Waals surface area contributed by atoms with Gasteiger partial charge in [-0.2, -0.15) is 0 Å². The van der Waals surface area contributed by atoms with Crippen molar-refractivity contribution in [3.05, 3.63) is 54.1 Å². The van der Waals surface area contributed by atoms with Crippen molar-refractivity contribution in [3.8, 4) is 5.75 Å². The first kappa shape index (κ1) is 16.0. The lowest BCUT2D eigenvalue weighted by atomic mass is 10.1. The van der Waals surface area contributed by atoms with Crippen LogP contribution in [-0.4, -0.2) is 39.8 Å². The summed E-state index contributed by atoms with van der Waals surface area (Å²) in [5.74, 6) is 0.193. The molecule has 2 aliphatic heterocycles. The molecule has 7 heteroatoms. The fourth-order valence-corrected chi connectivity index (χ4v) is 4.30. The zero-order valence-electron chi connectivity index (χ0n) is 13.8. The summed E-state index contributed by atoms with van der Waals surface area (Å²) in [5, 5.41) is 0. The van der Waals surface area contributed by atoms with Gasteiger partial charge in [-0.3, -0.25) is 9.10 Å². The third kappa shape index (κ3) is 2.74. The molecule has 0 N–H and O–H groups in total. The monoisotopic (exact) mass is 358 g/mol. The van der Waals surface area contributed by atoms with Crippen LogP contribution in [0.15, 0.2) is 48.5 Å². The second kappa shape index (κ2) is 5.77. The molecule has 2 heterocycles. The normalized spacial score (nSPS) is 19.2. The number of carbonyl (C=O) groups is 1. The van der Waals surface area contributed by atoms with E-state index in [2.05, 4.69) is 0 Å². The minimum atomic E-state index is -3.51. The molecule has 2 aromatic rings. The van der Waals surface area contributed by atoms with Gasteiger partial charge >= 0.3 is 0 Å². The first-order chi connectivity index (χ1) is 11.9. The molecule has 1 unspecified atom stereocenters. The average Bonchev–Trinajstić information content (AvgIpc) is 3.03. The first-order valence-corrected chi connectivity index (χ1v) is 9.92. The summed E-state index contributed by atoms with van der Waals surface area (Å²) >= 11 is 0. The molecule has 25 heavy (non-hydrogen) atoms. The highest BCUT2D eigenvalue weighted by Crippen LogP contribution is 2.36. The van der Waals surface area contributed by atoms with E-state index in [4.69, 9.17) is 4.74 Å². The van der Waals surface area contributed by atoms with Crippen molar-refractivity contribution in [3.63, 3.8) is 0 Å². The van der Waals surface area contributed by atoms with Crippen LogP contribution in [0.25, 0.3) is 0 Å². The van der Waals surface area contributed by atoms with Gasteiger partial charge in [0.25, 0.3) is 5.91 Å². The van der Waals surface area contributed by atoms with Gasteiger partial charge in [-0.05, 0) is 30.2 Å². The molecular formula is C18H18N2O4S. The molecule has 0 saturated heterocycles. The van der Waals surface area contributed by atoms with Crippen molar-refractivity contribution in [1.82, 2.24) is 0 Å². The summed E-state index contributed by atoms with van der Waals surface area (Å²) in [6.45, 7) is 0.561. The molecule has 0 bridgehead atoms. The minimum Gasteiger partial charge on any atom is -0.476 e. The Balaban J connectivity index is 1.67. The topological polar surface area (TPSA) is 66.9 Å². The van der Waals surface area contributed by atoms with Gasteiger partial charge in [0.05, 0.1) is 18.5 Å². The molecule has 2 aromatic carbocycles. The molecule has 1 amide bonds. The predicted octanol–water partition coefficient (Wildman–Crippen LogP) is 1.80. The van der Waals surface area contributed by atoms with E-state index >= 15 is 0 Å². The number of rotatable bonds is 2. The molecule has 0 aliphatic carbocycles. The van der Waals surface area contributed by atoms with Crippen molar-refractivity contribution in [2.24, 2.45) is 0 Å². The van der Waals surface area contributed by atoms with E-state index in [9.17, 15) is 13.2 Å². The van der Waals surface area contributed by atoms with Crippen LogP contribution in [0.2, 0.25) is 0 Å². The Morgan fingerprint density at radius 3 is 2.52 bits per heavy atom. The molecule has 0 spiro atoms. The summed E-state index contributed by atoms with van der Waals surface area (Å²) in [6, 6.07) is 14.6. The fraction of sp³-hybridized carbons (Fsp3) is 0.278. The molecule has 4 rings (SSSR count). The largest absolute Gasteiger partial charge is 0.476 e. The Kier molecular flexibility index (Phi) is 3.68. The number of para-hydroxylation sites is 3. The third-order valence-corrected chi connectivity index (χ3v) is 5.71. The van der Waals surface area contributed by atoms with Crippen molar-refractivity contribution < 1.29 is 17.9 Å². The van der Waals surface area contributed by atoms with E-state index in [0.717, 1.165) is 23.9 Å². The van der Waals surface area contributed by atoms with Gasteiger partial charge in [0, 0.05) is 12.2 Å². The van der Waals surface area contributed by atoms with Crippen LogP contribution >= 0.6 is 0 Å². The predicted molar refractivity (Wildman–Crippen MR) is 95.5 cm³/mol. The molecule has 2 aliphatic rings. The number of carbonyl (C=O) groups excluding carboxylic acids is 1. The Morgan fingerprint density at radius 1 is 1.08 bits per heavy atom. The van der Waals surface area contributed by atoms with Crippen LogP contribution in [0.3, 0.4) is 0 Å². The van der Waals surface area contributed by atoms with E-state index in [1.807, 2.05) is 24.3 Å². The van der Waals surface area contributed by atoms with E-state index in [1.165, 1.54) is 4.31 Å².